The molecule has 1 aliphatic rings. The average Bonchev–Trinajstić information content (AvgIpc) is 3.22. The van der Waals surface area contributed by atoms with Crippen molar-refractivity contribution >= 4 is 11.7 Å². The van der Waals surface area contributed by atoms with Gasteiger partial charge in [0.05, 0.1) is 0 Å². The molecular weight excluding hydrogens is 388 g/mol. The van der Waals surface area contributed by atoms with Gasteiger partial charge in [0, 0.05) is 43.5 Å². The van der Waals surface area contributed by atoms with Crippen LogP contribution in [0.5, 0.6) is 0 Å². The quantitative estimate of drug-likeness (QED) is 0.636. The third kappa shape index (κ3) is 4.61. The van der Waals surface area contributed by atoms with Gasteiger partial charge in [-0.15, -0.1) is 0 Å². The summed E-state index contributed by atoms with van der Waals surface area (Å²) in [4.78, 5) is 23.9. The van der Waals surface area contributed by atoms with Crippen LogP contribution in [0.3, 0.4) is 0 Å². The van der Waals surface area contributed by atoms with E-state index in [1.165, 1.54) is 17.5 Å². The number of carbonyl (C=O) groups excluding carboxylic acids is 1. The summed E-state index contributed by atoms with van der Waals surface area (Å²) in [6.45, 7) is 11.1. The van der Waals surface area contributed by atoms with Crippen LogP contribution in [-0.2, 0) is 24.2 Å². The number of aryl methyl sites for hydroxylation is 2. The van der Waals surface area contributed by atoms with Gasteiger partial charge in [-0.3, -0.25) is 9.69 Å². The number of fused-ring (bicyclic) bond motifs is 2. The normalized spacial score (nSPS) is 15.3. The van der Waals surface area contributed by atoms with Crippen LogP contribution >= 0.6 is 0 Å². The van der Waals surface area contributed by atoms with E-state index < -0.39 is 0 Å². The molecule has 0 radical (unpaired) electrons. The van der Waals surface area contributed by atoms with Gasteiger partial charge in [0.2, 0.25) is 5.91 Å². The van der Waals surface area contributed by atoms with Crippen molar-refractivity contribution in [3.05, 3.63) is 58.7 Å². The van der Waals surface area contributed by atoms with Gasteiger partial charge in [0.25, 0.3) is 5.78 Å². The lowest BCUT2D eigenvalue weighted by molar-refractivity contribution is -0.121. The Labute approximate surface area is 183 Å². The van der Waals surface area contributed by atoms with Crippen LogP contribution in [0.15, 0.2) is 30.6 Å². The average molecular weight is 421 g/mol. The maximum Gasteiger partial charge on any atom is 0.252 e. The molecule has 164 valence electrons. The summed E-state index contributed by atoms with van der Waals surface area (Å²) in [5.41, 5.74) is 5.85. The zero-order valence-corrected chi connectivity index (χ0v) is 18.9. The summed E-state index contributed by atoms with van der Waals surface area (Å²) >= 11 is 0. The molecule has 0 bridgehead atoms. The Morgan fingerprint density at radius 2 is 1.97 bits per heavy atom. The topological polar surface area (TPSA) is 75.4 Å². The summed E-state index contributed by atoms with van der Waals surface area (Å²) in [5.74, 6) is 1.15. The summed E-state index contributed by atoms with van der Waals surface area (Å²) in [6.07, 6.45) is 3.67. The molecule has 1 amide bonds. The Morgan fingerprint density at radius 1 is 1.19 bits per heavy atom. The molecule has 1 N–H and O–H groups in total. The highest BCUT2D eigenvalue weighted by atomic mass is 16.1. The van der Waals surface area contributed by atoms with Crippen molar-refractivity contribution in [3.8, 4) is 0 Å². The fraction of sp³-hybridized carbons (Fsp3) is 0.500. The van der Waals surface area contributed by atoms with E-state index in [4.69, 9.17) is 0 Å². The molecular formula is C24H32N6O. The predicted octanol–water partition coefficient (Wildman–Crippen LogP) is 2.87. The summed E-state index contributed by atoms with van der Waals surface area (Å²) in [5, 5.41) is 7.42. The number of nitrogens with zero attached hydrogens (tertiary/aromatic N) is 5. The molecule has 0 fully saturated rings. The molecule has 4 rings (SSSR count). The van der Waals surface area contributed by atoms with Crippen molar-refractivity contribution < 1.29 is 4.79 Å². The van der Waals surface area contributed by atoms with Gasteiger partial charge in [-0.25, -0.2) is 9.50 Å². The molecule has 7 nitrogen and oxygen atoms in total. The van der Waals surface area contributed by atoms with Crippen molar-refractivity contribution in [2.45, 2.75) is 59.5 Å². The van der Waals surface area contributed by atoms with E-state index in [0.717, 1.165) is 36.5 Å². The second-order valence-electron chi connectivity index (χ2n) is 8.84. The zero-order valence-electron chi connectivity index (χ0n) is 18.9. The van der Waals surface area contributed by atoms with Crippen molar-refractivity contribution in [1.82, 2.24) is 29.8 Å². The van der Waals surface area contributed by atoms with Gasteiger partial charge in [-0.1, -0.05) is 38.1 Å². The van der Waals surface area contributed by atoms with Crippen molar-refractivity contribution in [2.24, 2.45) is 5.92 Å². The Kier molecular flexibility index (Phi) is 6.32. The lowest BCUT2D eigenvalue weighted by atomic mass is 9.95. The third-order valence-electron chi connectivity index (χ3n) is 6.50. The number of carbonyl (C=O) groups is 1. The van der Waals surface area contributed by atoms with E-state index in [9.17, 15) is 4.79 Å². The fourth-order valence-electron chi connectivity index (χ4n) is 4.65. The van der Waals surface area contributed by atoms with Gasteiger partial charge in [0.1, 0.15) is 6.33 Å². The van der Waals surface area contributed by atoms with E-state index >= 15 is 0 Å². The number of amides is 1. The van der Waals surface area contributed by atoms with Crippen LogP contribution in [0.4, 0.5) is 0 Å². The minimum Gasteiger partial charge on any atom is -0.355 e. The fourth-order valence-corrected chi connectivity index (χ4v) is 4.65. The van der Waals surface area contributed by atoms with Crippen LogP contribution in [0, 0.1) is 19.8 Å². The van der Waals surface area contributed by atoms with E-state index in [0.29, 0.717) is 37.1 Å². The highest BCUT2D eigenvalue weighted by Crippen LogP contribution is 2.23. The van der Waals surface area contributed by atoms with Gasteiger partial charge >= 0.3 is 0 Å². The van der Waals surface area contributed by atoms with Gasteiger partial charge in [0.15, 0.2) is 0 Å². The molecule has 2 aromatic heterocycles. The second-order valence-corrected chi connectivity index (χ2v) is 8.84. The number of hydrogen-bond acceptors (Lipinski definition) is 5. The molecule has 0 spiro atoms. The smallest absolute Gasteiger partial charge is 0.252 e. The van der Waals surface area contributed by atoms with E-state index in [1.807, 2.05) is 13.8 Å². The summed E-state index contributed by atoms with van der Waals surface area (Å²) < 4.78 is 1.74. The molecule has 3 heterocycles. The maximum atomic E-state index is 12.7. The molecule has 1 aliphatic heterocycles. The van der Waals surface area contributed by atoms with Gasteiger partial charge < -0.3 is 5.32 Å². The van der Waals surface area contributed by atoms with Crippen molar-refractivity contribution in [3.63, 3.8) is 0 Å². The van der Waals surface area contributed by atoms with Crippen LogP contribution in [0.2, 0.25) is 0 Å². The number of aromatic nitrogens is 4. The molecule has 0 aliphatic carbocycles. The second kappa shape index (κ2) is 9.14. The van der Waals surface area contributed by atoms with Crippen LogP contribution in [0.25, 0.3) is 5.78 Å². The molecule has 0 saturated heterocycles. The van der Waals surface area contributed by atoms with E-state index in [-0.39, 0.29) is 5.91 Å². The van der Waals surface area contributed by atoms with Gasteiger partial charge in [-0.05, 0) is 49.3 Å². The standard InChI is InChI=1S/C24H32N6O/c1-16(2)22(29-12-11-19-7-5-6-8-20(19)14-29)13-25-23(31)10-9-21-17(3)28-24-26-15-27-30(24)18(21)4/h5-8,15-16,22H,9-14H2,1-4H3,(H,25,31). The number of nitrogens with one attached hydrogen (secondary N) is 1. The third-order valence-corrected chi connectivity index (χ3v) is 6.50. The predicted molar refractivity (Wildman–Crippen MR) is 121 cm³/mol. The van der Waals surface area contributed by atoms with Gasteiger partial charge in [-0.2, -0.15) is 10.1 Å². The molecule has 31 heavy (non-hydrogen) atoms. The van der Waals surface area contributed by atoms with Crippen LogP contribution < -0.4 is 5.32 Å². The highest BCUT2D eigenvalue weighted by Gasteiger charge is 2.26. The van der Waals surface area contributed by atoms with Crippen molar-refractivity contribution in [1.29, 1.82) is 0 Å². The summed E-state index contributed by atoms with van der Waals surface area (Å²) in [7, 11) is 0. The molecule has 3 aromatic rings. The van der Waals surface area contributed by atoms with Crippen molar-refractivity contribution in [2.75, 3.05) is 13.1 Å². The first kappa shape index (κ1) is 21.4. The minimum atomic E-state index is 0.0838. The lowest BCUT2D eigenvalue weighted by Gasteiger charge is -2.38. The number of hydrogen-bond donors (Lipinski definition) is 1. The zero-order chi connectivity index (χ0) is 22.0. The minimum absolute atomic E-state index is 0.0838. The molecule has 7 heteroatoms. The van der Waals surface area contributed by atoms with E-state index in [1.54, 1.807) is 4.52 Å². The Bertz CT molecular complexity index is 1070. The number of benzene rings is 1. The highest BCUT2D eigenvalue weighted by molar-refractivity contribution is 5.76. The van der Waals surface area contributed by atoms with E-state index in [2.05, 4.69) is 63.4 Å². The number of rotatable bonds is 7. The lowest BCUT2D eigenvalue weighted by Crippen LogP contribution is -2.48. The molecule has 1 aromatic carbocycles. The molecule has 1 atom stereocenters. The monoisotopic (exact) mass is 420 g/mol. The Balaban J connectivity index is 1.35. The first-order valence-electron chi connectivity index (χ1n) is 11.2. The first-order valence-corrected chi connectivity index (χ1v) is 11.2. The summed E-state index contributed by atoms with van der Waals surface area (Å²) in [6, 6.07) is 9.02. The Hall–Kier alpha value is -2.80. The maximum absolute atomic E-state index is 12.7. The van der Waals surface area contributed by atoms with Crippen LogP contribution in [0.1, 0.15) is 48.3 Å². The molecule has 1 unspecified atom stereocenters. The van der Waals surface area contributed by atoms with Crippen LogP contribution in [-0.4, -0.2) is 49.5 Å². The Morgan fingerprint density at radius 3 is 2.74 bits per heavy atom. The SMILES string of the molecule is Cc1nc2ncnn2c(C)c1CCC(=O)NCC(C(C)C)N1CCc2ccccc2C1. The largest absolute Gasteiger partial charge is 0.355 e. The molecule has 0 saturated carbocycles. The first-order chi connectivity index (χ1) is 14.9.